The van der Waals surface area contributed by atoms with E-state index in [4.69, 9.17) is 13.7 Å². The lowest BCUT2D eigenvalue weighted by molar-refractivity contribution is -0.118. The Balaban J connectivity index is 1.55. The van der Waals surface area contributed by atoms with Crippen molar-refractivity contribution in [2.75, 3.05) is 11.9 Å². The molecule has 3 rings (SSSR count). The molecule has 0 aliphatic rings. The molecule has 2 aromatic heterocycles. The third kappa shape index (κ3) is 3.24. The zero-order chi connectivity index (χ0) is 14.5. The Labute approximate surface area is 118 Å². The van der Waals surface area contributed by atoms with Gasteiger partial charge in [-0.05, 0) is 12.1 Å². The van der Waals surface area contributed by atoms with Gasteiger partial charge >= 0.3 is 6.01 Å². The van der Waals surface area contributed by atoms with Crippen LogP contribution in [0.15, 0.2) is 51.5 Å². The monoisotopic (exact) mass is 286 g/mol. The number of nitrogens with one attached hydrogen (secondary N) is 1. The summed E-state index contributed by atoms with van der Waals surface area (Å²) in [5.41, 5.74) is 0. The van der Waals surface area contributed by atoms with Crippen LogP contribution in [0.1, 0.15) is 0 Å². The molecule has 106 valence electrons. The van der Waals surface area contributed by atoms with E-state index in [1.54, 1.807) is 18.2 Å². The van der Waals surface area contributed by atoms with Crippen molar-refractivity contribution in [3.63, 3.8) is 0 Å². The van der Waals surface area contributed by atoms with E-state index in [9.17, 15) is 4.79 Å². The number of para-hydroxylation sites is 1. The first kappa shape index (κ1) is 12.9. The Bertz CT molecular complexity index is 709. The van der Waals surface area contributed by atoms with E-state index in [1.165, 1.54) is 6.20 Å². The van der Waals surface area contributed by atoms with Crippen molar-refractivity contribution in [2.24, 2.45) is 0 Å². The van der Waals surface area contributed by atoms with Gasteiger partial charge < -0.3 is 13.7 Å². The van der Waals surface area contributed by atoms with Crippen molar-refractivity contribution >= 4 is 11.9 Å². The van der Waals surface area contributed by atoms with Crippen LogP contribution >= 0.6 is 0 Å². The van der Waals surface area contributed by atoms with E-state index in [2.05, 4.69) is 20.7 Å². The van der Waals surface area contributed by atoms with Crippen LogP contribution in [0.25, 0.3) is 11.7 Å². The van der Waals surface area contributed by atoms with Crippen LogP contribution in [0.4, 0.5) is 6.01 Å². The number of ether oxygens (including phenoxy) is 1. The molecule has 0 saturated carbocycles. The molecule has 0 bridgehead atoms. The van der Waals surface area contributed by atoms with Crippen LogP contribution in [0.5, 0.6) is 5.75 Å². The molecule has 0 saturated heterocycles. The summed E-state index contributed by atoms with van der Waals surface area (Å²) in [5, 5.41) is 13.3. The van der Waals surface area contributed by atoms with Crippen LogP contribution in [-0.4, -0.2) is 27.9 Å². The van der Waals surface area contributed by atoms with Crippen LogP contribution in [0.2, 0.25) is 0 Å². The van der Waals surface area contributed by atoms with Crippen LogP contribution < -0.4 is 10.1 Å². The molecule has 0 radical (unpaired) electrons. The molecule has 2 heterocycles. The fraction of sp³-hybridized carbons (Fsp3) is 0.0769. The number of rotatable bonds is 5. The normalized spacial score (nSPS) is 10.3. The average Bonchev–Trinajstić information content (AvgIpc) is 3.17. The topological polar surface area (TPSA) is 103 Å². The van der Waals surface area contributed by atoms with Crippen molar-refractivity contribution in [1.29, 1.82) is 0 Å². The Morgan fingerprint density at radius 1 is 1.19 bits per heavy atom. The zero-order valence-electron chi connectivity index (χ0n) is 10.7. The predicted molar refractivity (Wildman–Crippen MR) is 70.4 cm³/mol. The minimum atomic E-state index is -0.411. The maximum atomic E-state index is 11.7. The molecule has 21 heavy (non-hydrogen) atoms. The van der Waals surface area contributed by atoms with E-state index in [0.717, 1.165) is 0 Å². The average molecular weight is 286 g/mol. The SMILES string of the molecule is O=C(COc1ccccc1)Nc1nnc(-c2ccno2)o1. The highest BCUT2D eigenvalue weighted by Crippen LogP contribution is 2.18. The summed E-state index contributed by atoms with van der Waals surface area (Å²) in [7, 11) is 0. The van der Waals surface area contributed by atoms with E-state index in [-0.39, 0.29) is 18.5 Å². The van der Waals surface area contributed by atoms with Gasteiger partial charge in [-0.15, -0.1) is 5.10 Å². The predicted octanol–water partition coefficient (Wildman–Crippen LogP) is 1.74. The number of benzene rings is 1. The summed E-state index contributed by atoms with van der Waals surface area (Å²) >= 11 is 0. The van der Waals surface area contributed by atoms with Crippen LogP contribution in [0, 0.1) is 0 Å². The number of anilines is 1. The van der Waals surface area contributed by atoms with Crippen LogP contribution in [-0.2, 0) is 4.79 Å². The largest absolute Gasteiger partial charge is 0.484 e. The number of aromatic nitrogens is 3. The Kier molecular flexibility index (Phi) is 3.59. The molecule has 1 aromatic carbocycles. The van der Waals surface area contributed by atoms with Gasteiger partial charge in [-0.25, -0.2) is 0 Å². The van der Waals surface area contributed by atoms with Gasteiger partial charge in [-0.1, -0.05) is 28.5 Å². The maximum absolute atomic E-state index is 11.7. The number of amides is 1. The molecule has 0 aliphatic heterocycles. The molecule has 0 unspecified atom stereocenters. The summed E-state index contributed by atoms with van der Waals surface area (Å²) in [6.07, 6.45) is 1.45. The molecule has 8 heteroatoms. The van der Waals surface area contributed by atoms with Gasteiger partial charge in [0, 0.05) is 6.07 Å². The van der Waals surface area contributed by atoms with Crippen molar-refractivity contribution in [3.8, 4) is 17.4 Å². The number of nitrogens with zero attached hydrogens (tertiary/aromatic N) is 3. The van der Waals surface area contributed by atoms with Gasteiger partial charge in [-0.3, -0.25) is 10.1 Å². The third-order valence-corrected chi connectivity index (χ3v) is 2.43. The molecule has 0 spiro atoms. The van der Waals surface area contributed by atoms with Crippen LogP contribution in [0.3, 0.4) is 0 Å². The fourth-order valence-corrected chi connectivity index (χ4v) is 1.52. The van der Waals surface area contributed by atoms with E-state index in [0.29, 0.717) is 11.5 Å². The minimum absolute atomic E-state index is 0.0388. The lowest BCUT2D eigenvalue weighted by atomic mass is 10.3. The first-order valence-electron chi connectivity index (χ1n) is 6.03. The van der Waals surface area contributed by atoms with E-state index < -0.39 is 5.91 Å². The minimum Gasteiger partial charge on any atom is -0.484 e. The number of hydrogen-bond acceptors (Lipinski definition) is 7. The quantitative estimate of drug-likeness (QED) is 0.761. The molecular weight excluding hydrogens is 276 g/mol. The molecule has 8 nitrogen and oxygen atoms in total. The smallest absolute Gasteiger partial charge is 0.322 e. The summed E-state index contributed by atoms with van der Waals surface area (Å²) in [4.78, 5) is 11.7. The van der Waals surface area contributed by atoms with Crippen molar-refractivity contribution in [3.05, 3.63) is 42.6 Å². The first-order chi connectivity index (χ1) is 10.3. The molecule has 0 fully saturated rings. The highest BCUT2D eigenvalue weighted by molar-refractivity contribution is 5.89. The Hall–Kier alpha value is -3.16. The molecule has 1 N–H and O–H groups in total. The fourth-order valence-electron chi connectivity index (χ4n) is 1.52. The Morgan fingerprint density at radius 3 is 2.81 bits per heavy atom. The second-order valence-electron chi connectivity index (χ2n) is 3.94. The molecular formula is C13H10N4O4. The Morgan fingerprint density at radius 2 is 2.05 bits per heavy atom. The van der Waals surface area contributed by atoms with Crippen molar-refractivity contribution in [1.82, 2.24) is 15.4 Å². The molecule has 3 aromatic rings. The first-order valence-corrected chi connectivity index (χ1v) is 6.03. The van der Waals surface area contributed by atoms with Gasteiger partial charge in [-0.2, -0.15) is 0 Å². The number of carbonyl (C=O) groups excluding carboxylic acids is 1. The lowest BCUT2D eigenvalue weighted by Crippen LogP contribution is -2.20. The summed E-state index contributed by atoms with van der Waals surface area (Å²) in [6.45, 7) is -0.163. The van der Waals surface area contributed by atoms with Gasteiger partial charge in [0.15, 0.2) is 6.61 Å². The molecule has 1 amide bonds. The third-order valence-electron chi connectivity index (χ3n) is 2.43. The summed E-state index contributed by atoms with van der Waals surface area (Å²) in [6, 6.07) is 10.5. The van der Waals surface area contributed by atoms with Gasteiger partial charge in [0.1, 0.15) is 5.75 Å². The summed E-state index contributed by atoms with van der Waals surface area (Å²) in [5.74, 6) is 0.641. The van der Waals surface area contributed by atoms with Crippen molar-refractivity contribution < 1.29 is 18.5 Å². The second-order valence-corrected chi connectivity index (χ2v) is 3.94. The number of hydrogen-bond donors (Lipinski definition) is 1. The highest BCUT2D eigenvalue weighted by Gasteiger charge is 2.13. The zero-order valence-corrected chi connectivity index (χ0v) is 10.7. The van der Waals surface area contributed by atoms with Gasteiger partial charge in [0.2, 0.25) is 5.76 Å². The van der Waals surface area contributed by atoms with Gasteiger partial charge in [0.05, 0.1) is 6.20 Å². The highest BCUT2D eigenvalue weighted by atomic mass is 16.5. The maximum Gasteiger partial charge on any atom is 0.322 e. The molecule has 0 aliphatic carbocycles. The van der Waals surface area contributed by atoms with Gasteiger partial charge in [0.25, 0.3) is 11.8 Å². The van der Waals surface area contributed by atoms with E-state index in [1.807, 2.05) is 18.2 Å². The van der Waals surface area contributed by atoms with Crippen molar-refractivity contribution in [2.45, 2.75) is 0 Å². The lowest BCUT2D eigenvalue weighted by Gasteiger charge is -2.04. The number of carbonyl (C=O) groups is 1. The molecule has 0 atom stereocenters. The summed E-state index contributed by atoms with van der Waals surface area (Å²) < 4.78 is 15.4. The second kappa shape index (κ2) is 5.87. The van der Waals surface area contributed by atoms with E-state index >= 15 is 0 Å². The standard InChI is InChI=1S/C13H10N4O4/c18-11(8-19-9-4-2-1-3-5-9)15-13-17-16-12(20-13)10-6-7-14-21-10/h1-7H,8H2,(H,15,17,18).